The molecule has 114 valence electrons. The number of aryl methyl sites for hydroxylation is 2. The molecule has 2 aliphatic carbocycles. The summed E-state index contributed by atoms with van der Waals surface area (Å²) in [5.41, 5.74) is 9.75. The number of ether oxygens (including phenoxy) is 1. The lowest BCUT2D eigenvalue weighted by atomic mass is 10.0. The molecule has 21 heavy (non-hydrogen) atoms. The number of hydrogen-bond acceptors (Lipinski definition) is 3. The first-order valence-corrected chi connectivity index (χ1v) is 7.89. The van der Waals surface area contributed by atoms with E-state index < -0.39 is 0 Å². The fourth-order valence-corrected chi connectivity index (χ4v) is 3.56. The second-order valence-corrected chi connectivity index (χ2v) is 6.27. The van der Waals surface area contributed by atoms with Gasteiger partial charge in [0.15, 0.2) is 0 Å². The van der Waals surface area contributed by atoms with Crippen LogP contribution in [0.1, 0.15) is 42.4 Å². The van der Waals surface area contributed by atoms with Crippen LogP contribution < -0.4 is 15.8 Å². The highest BCUT2D eigenvalue weighted by molar-refractivity contribution is 5.79. The third kappa shape index (κ3) is 3.05. The maximum absolute atomic E-state index is 12.2. The number of carbonyl (C=O) groups is 1. The van der Waals surface area contributed by atoms with Crippen LogP contribution in [-0.2, 0) is 24.2 Å². The molecule has 0 radical (unpaired) electrons. The van der Waals surface area contributed by atoms with Gasteiger partial charge in [-0.1, -0.05) is 6.07 Å². The minimum Gasteiger partial charge on any atom is -0.496 e. The van der Waals surface area contributed by atoms with E-state index in [-0.39, 0.29) is 17.9 Å². The van der Waals surface area contributed by atoms with Crippen molar-refractivity contribution in [2.75, 3.05) is 7.11 Å². The monoisotopic (exact) mass is 288 g/mol. The van der Waals surface area contributed by atoms with Crippen molar-refractivity contribution >= 4 is 5.91 Å². The Kier molecular flexibility index (Phi) is 4.15. The van der Waals surface area contributed by atoms with Gasteiger partial charge in [-0.15, -0.1) is 0 Å². The van der Waals surface area contributed by atoms with Crippen molar-refractivity contribution in [3.8, 4) is 5.75 Å². The predicted octanol–water partition coefficient (Wildman–Crippen LogP) is 1.93. The number of hydrogen-bond donors (Lipinski definition) is 2. The smallest absolute Gasteiger partial charge is 0.223 e. The summed E-state index contributed by atoms with van der Waals surface area (Å²) in [4.78, 5) is 12.2. The van der Waals surface area contributed by atoms with Gasteiger partial charge in [0.05, 0.1) is 7.11 Å². The van der Waals surface area contributed by atoms with Crippen molar-refractivity contribution in [2.24, 2.45) is 11.7 Å². The van der Waals surface area contributed by atoms with Crippen LogP contribution in [0.15, 0.2) is 12.1 Å². The first-order valence-electron chi connectivity index (χ1n) is 7.89. The molecular weight excluding hydrogens is 264 g/mol. The van der Waals surface area contributed by atoms with Crippen LogP contribution in [0.4, 0.5) is 0 Å². The third-order valence-electron chi connectivity index (χ3n) is 4.79. The third-order valence-corrected chi connectivity index (χ3v) is 4.79. The van der Waals surface area contributed by atoms with Gasteiger partial charge in [-0.05, 0) is 55.7 Å². The minimum atomic E-state index is 0.0837. The lowest BCUT2D eigenvalue weighted by Gasteiger charge is -2.14. The van der Waals surface area contributed by atoms with E-state index in [2.05, 4.69) is 17.4 Å². The molecule has 1 aromatic carbocycles. The van der Waals surface area contributed by atoms with Crippen LogP contribution >= 0.6 is 0 Å². The number of nitrogens with one attached hydrogen (secondary N) is 1. The molecule has 2 aliphatic rings. The van der Waals surface area contributed by atoms with Crippen LogP contribution in [0.5, 0.6) is 5.75 Å². The van der Waals surface area contributed by atoms with E-state index in [9.17, 15) is 4.79 Å². The zero-order chi connectivity index (χ0) is 14.8. The largest absolute Gasteiger partial charge is 0.496 e. The molecule has 0 saturated heterocycles. The molecule has 0 bridgehead atoms. The topological polar surface area (TPSA) is 64.3 Å². The summed E-state index contributed by atoms with van der Waals surface area (Å²) in [5, 5.41) is 3.05. The number of amides is 1. The molecule has 0 aromatic heterocycles. The first kappa shape index (κ1) is 14.4. The number of nitrogens with two attached hydrogens (primary N) is 1. The predicted molar refractivity (Wildman–Crippen MR) is 82.2 cm³/mol. The Morgan fingerprint density at radius 3 is 2.76 bits per heavy atom. The Hall–Kier alpha value is -1.55. The number of rotatable bonds is 4. The van der Waals surface area contributed by atoms with Gasteiger partial charge in [0.25, 0.3) is 0 Å². The Balaban J connectivity index is 1.66. The zero-order valence-corrected chi connectivity index (χ0v) is 12.7. The maximum Gasteiger partial charge on any atom is 0.223 e. The number of fused-ring (bicyclic) bond motifs is 1. The van der Waals surface area contributed by atoms with Crippen LogP contribution in [0.3, 0.4) is 0 Å². The highest BCUT2D eigenvalue weighted by Gasteiger charge is 2.27. The van der Waals surface area contributed by atoms with E-state index in [1.54, 1.807) is 7.11 Å². The highest BCUT2D eigenvalue weighted by Crippen LogP contribution is 2.30. The first-order chi connectivity index (χ1) is 10.2. The van der Waals surface area contributed by atoms with Crippen molar-refractivity contribution in [2.45, 2.75) is 51.1 Å². The highest BCUT2D eigenvalue weighted by atomic mass is 16.5. The summed E-state index contributed by atoms with van der Waals surface area (Å²) in [7, 11) is 1.69. The Bertz CT molecular complexity index is 542. The SMILES string of the molecule is COc1cc2c(cc1CNC(=O)[C@H]1CC[C@@H](N)C1)CCC2. The molecule has 1 saturated carbocycles. The molecule has 4 nitrogen and oxygen atoms in total. The fraction of sp³-hybridized carbons (Fsp3) is 0.588. The Morgan fingerprint density at radius 2 is 2.10 bits per heavy atom. The lowest BCUT2D eigenvalue weighted by Crippen LogP contribution is -2.30. The van der Waals surface area contributed by atoms with Crippen molar-refractivity contribution in [1.29, 1.82) is 0 Å². The second kappa shape index (κ2) is 6.06. The van der Waals surface area contributed by atoms with Crippen molar-refractivity contribution < 1.29 is 9.53 Å². The lowest BCUT2D eigenvalue weighted by molar-refractivity contribution is -0.125. The van der Waals surface area contributed by atoms with E-state index in [0.29, 0.717) is 6.54 Å². The molecule has 0 heterocycles. The van der Waals surface area contributed by atoms with Gasteiger partial charge < -0.3 is 15.8 Å². The normalized spacial score (nSPS) is 23.9. The summed E-state index contributed by atoms with van der Waals surface area (Å²) in [6, 6.07) is 4.52. The van der Waals surface area contributed by atoms with Crippen molar-refractivity contribution in [3.05, 3.63) is 28.8 Å². The van der Waals surface area contributed by atoms with Crippen LogP contribution in [0, 0.1) is 5.92 Å². The number of carbonyl (C=O) groups excluding carboxylic acids is 1. The number of benzene rings is 1. The van der Waals surface area contributed by atoms with Gasteiger partial charge in [0.2, 0.25) is 5.91 Å². The Morgan fingerprint density at radius 1 is 1.33 bits per heavy atom. The van der Waals surface area contributed by atoms with Crippen molar-refractivity contribution in [1.82, 2.24) is 5.32 Å². The molecule has 4 heteroatoms. The van der Waals surface area contributed by atoms with E-state index in [0.717, 1.165) is 43.4 Å². The summed E-state index contributed by atoms with van der Waals surface area (Å²) in [6.45, 7) is 0.543. The maximum atomic E-state index is 12.2. The molecule has 1 amide bonds. The molecule has 3 N–H and O–H groups in total. The van der Waals surface area contributed by atoms with Crippen LogP contribution in [-0.4, -0.2) is 19.1 Å². The molecule has 1 aromatic rings. The zero-order valence-electron chi connectivity index (χ0n) is 12.7. The molecule has 0 aliphatic heterocycles. The molecule has 0 spiro atoms. The van der Waals surface area contributed by atoms with E-state index in [1.807, 2.05) is 0 Å². The minimum absolute atomic E-state index is 0.0837. The average molecular weight is 288 g/mol. The van der Waals surface area contributed by atoms with Crippen molar-refractivity contribution in [3.63, 3.8) is 0 Å². The quantitative estimate of drug-likeness (QED) is 0.890. The fourth-order valence-electron chi connectivity index (χ4n) is 3.56. The number of methoxy groups -OCH3 is 1. The summed E-state index contributed by atoms with van der Waals surface area (Å²) < 4.78 is 5.47. The summed E-state index contributed by atoms with van der Waals surface area (Å²) in [5.74, 6) is 1.10. The van der Waals surface area contributed by atoms with E-state index in [4.69, 9.17) is 10.5 Å². The standard InChI is InChI=1S/C17H24N2O2/c1-21-16-9-12-4-2-3-11(12)7-14(16)10-19-17(20)13-5-6-15(18)8-13/h7,9,13,15H,2-6,8,10,18H2,1H3,(H,19,20)/t13-,15+/m0/s1. The molecule has 1 fully saturated rings. The van der Waals surface area contributed by atoms with E-state index >= 15 is 0 Å². The van der Waals surface area contributed by atoms with Gasteiger partial charge >= 0.3 is 0 Å². The summed E-state index contributed by atoms with van der Waals surface area (Å²) in [6.07, 6.45) is 6.17. The molecular formula is C17H24N2O2. The van der Waals surface area contributed by atoms with Gasteiger partial charge in [0.1, 0.15) is 5.75 Å². The molecule has 2 atom stereocenters. The van der Waals surface area contributed by atoms with Gasteiger partial charge in [0, 0.05) is 24.1 Å². The van der Waals surface area contributed by atoms with Crippen LogP contribution in [0.25, 0.3) is 0 Å². The summed E-state index contributed by atoms with van der Waals surface area (Å²) >= 11 is 0. The Labute approximate surface area is 126 Å². The molecule has 3 rings (SSSR count). The van der Waals surface area contributed by atoms with Gasteiger partial charge in [-0.2, -0.15) is 0 Å². The van der Waals surface area contributed by atoms with Crippen LogP contribution in [0.2, 0.25) is 0 Å². The average Bonchev–Trinajstić information content (AvgIpc) is 3.11. The van der Waals surface area contributed by atoms with E-state index in [1.165, 1.54) is 17.5 Å². The molecule has 0 unspecified atom stereocenters. The van der Waals surface area contributed by atoms with Gasteiger partial charge in [-0.25, -0.2) is 0 Å². The second-order valence-electron chi connectivity index (χ2n) is 6.27. The van der Waals surface area contributed by atoms with Gasteiger partial charge in [-0.3, -0.25) is 4.79 Å².